The Morgan fingerprint density at radius 1 is 0.892 bits per heavy atom. The maximum absolute atomic E-state index is 13.9. The molecule has 2 aromatic heterocycles. The number of aromatic nitrogens is 3. The van der Waals surface area contributed by atoms with Gasteiger partial charge in [0.2, 0.25) is 5.91 Å². The number of hydrogen-bond acceptors (Lipinski definition) is 6. The molecule has 0 spiro atoms. The van der Waals surface area contributed by atoms with Crippen LogP contribution in [0, 0.1) is 0 Å². The lowest BCUT2D eigenvalue weighted by molar-refractivity contribution is -0.142. The van der Waals surface area contributed by atoms with Crippen molar-refractivity contribution in [2.45, 2.75) is 31.9 Å². The van der Waals surface area contributed by atoms with Gasteiger partial charge in [-0.15, -0.1) is 0 Å². The van der Waals surface area contributed by atoms with Crippen LogP contribution >= 0.6 is 0 Å². The minimum atomic E-state index is -4.74. The number of carbonyl (C=O) groups is 2. The third-order valence-corrected chi connectivity index (χ3v) is 6.81. The van der Waals surface area contributed by atoms with Crippen molar-refractivity contribution in [1.82, 2.24) is 14.9 Å². The van der Waals surface area contributed by atoms with E-state index < -0.39 is 17.8 Å². The van der Waals surface area contributed by atoms with Crippen molar-refractivity contribution in [2.75, 3.05) is 28.6 Å². The zero-order valence-electron chi connectivity index (χ0n) is 19.5. The van der Waals surface area contributed by atoms with Crippen LogP contribution in [0.15, 0.2) is 47.0 Å². The highest BCUT2D eigenvalue weighted by Gasteiger charge is 2.43. The lowest BCUT2D eigenvalue weighted by atomic mass is 10.0. The first-order valence-corrected chi connectivity index (χ1v) is 11.8. The topological polar surface area (TPSA) is 110 Å². The average molecular weight is 510 g/mol. The molecule has 0 atom stereocenters. The predicted octanol–water partition coefficient (Wildman–Crippen LogP) is 4.33. The summed E-state index contributed by atoms with van der Waals surface area (Å²) in [4.78, 5) is 29.0. The van der Waals surface area contributed by atoms with Gasteiger partial charge in [0.15, 0.2) is 17.1 Å². The molecule has 0 aliphatic carbocycles. The maximum atomic E-state index is 13.9. The molecule has 0 saturated carbocycles. The molecule has 6 rings (SSSR count). The fraction of sp³-hybridized carbons (Fsp3) is 0.280. The van der Waals surface area contributed by atoms with E-state index in [4.69, 9.17) is 10.3 Å². The number of halogens is 3. The summed E-state index contributed by atoms with van der Waals surface area (Å²) in [5.41, 5.74) is 6.24. The van der Waals surface area contributed by atoms with Gasteiger partial charge in [0.05, 0.1) is 11.1 Å². The molecule has 4 heterocycles. The minimum absolute atomic E-state index is 0.0278. The highest BCUT2D eigenvalue weighted by atomic mass is 19.4. The molecular weight excluding hydrogens is 489 g/mol. The molecule has 2 N–H and O–H groups in total. The molecule has 37 heavy (non-hydrogen) atoms. The lowest BCUT2D eigenvalue weighted by Crippen LogP contribution is -2.39. The highest BCUT2D eigenvalue weighted by Crippen LogP contribution is 2.38. The number of anilines is 3. The zero-order chi connectivity index (χ0) is 25.9. The second kappa shape index (κ2) is 8.36. The maximum Gasteiger partial charge on any atom is 0.435 e. The van der Waals surface area contributed by atoms with Crippen molar-refractivity contribution < 1.29 is 27.3 Å². The van der Waals surface area contributed by atoms with E-state index in [-0.39, 0.29) is 41.6 Å². The van der Waals surface area contributed by atoms with E-state index in [1.807, 2.05) is 0 Å². The summed E-state index contributed by atoms with van der Waals surface area (Å²) in [6.45, 7) is 0.685. The van der Waals surface area contributed by atoms with Gasteiger partial charge in [0.25, 0.3) is 5.91 Å². The number of fused-ring (bicyclic) bond motifs is 2. The van der Waals surface area contributed by atoms with E-state index in [2.05, 4.69) is 10.3 Å². The summed E-state index contributed by atoms with van der Waals surface area (Å²) in [6.07, 6.45) is -2.49. The van der Waals surface area contributed by atoms with Crippen LogP contribution in [0.3, 0.4) is 0 Å². The monoisotopic (exact) mass is 510 g/mol. The number of amides is 2. The lowest BCUT2D eigenvalue weighted by Gasteiger charge is -2.30. The Morgan fingerprint density at radius 2 is 1.59 bits per heavy atom. The first-order valence-electron chi connectivity index (χ1n) is 11.8. The molecule has 2 aliphatic heterocycles. The third kappa shape index (κ3) is 3.79. The van der Waals surface area contributed by atoms with Crippen LogP contribution in [0.25, 0.3) is 16.7 Å². The zero-order valence-corrected chi connectivity index (χ0v) is 19.5. The first kappa shape index (κ1) is 23.1. The van der Waals surface area contributed by atoms with Gasteiger partial charge in [0.1, 0.15) is 5.69 Å². The molecule has 1 saturated heterocycles. The Morgan fingerprint density at radius 3 is 2.30 bits per heavy atom. The van der Waals surface area contributed by atoms with E-state index in [0.717, 1.165) is 23.2 Å². The van der Waals surface area contributed by atoms with Crippen molar-refractivity contribution in [3.05, 3.63) is 59.4 Å². The van der Waals surface area contributed by atoms with E-state index in [0.29, 0.717) is 29.6 Å². The molecule has 9 nitrogen and oxygen atoms in total. The number of hydrogen-bond donors (Lipinski definition) is 1. The molecule has 0 radical (unpaired) electrons. The summed E-state index contributed by atoms with van der Waals surface area (Å²) in [6, 6.07) is 11.4. The van der Waals surface area contributed by atoms with Crippen LogP contribution in [0.2, 0.25) is 0 Å². The first-order chi connectivity index (χ1) is 17.7. The van der Waals surface area contributed by atoms with E-state index in [1.54, 1.807) is 29.2 Å². The van der Waals surface area contributed by atoms with Crippen LogP contribution in [-0.4, -0.2) is 39.8 Å². The SMILES string of the molecule is Nc1noc2ccc(-n3nc(C(F)(F)F)c4c3C(=O)N(c3ccc(N5CCCCC5=O)cc3)CC4)cc12. The Bertz CT molecular complexity index is 1540. The highest BCUT2D eigenvalue weighted by molar-refractivity contribution is 6.08. The number of carbonyl (C=O) groups excluding carboxylic acids is 2. The van der Waals surface area contributed by atoms with Crippen molar-refractivity contribution in [1.29, 1.82) is 0 Å². The Labute approximate surface area is 208 Å². The van der Waals surface area contributed by atoms with E-state index >= 15 is 0 Å². The Kier molecular flexibility index (Phi) is 5.21. The quantitative estimate of drug-likeness (QED) is 0.439. The average Bonchev–Trinajstić information content (AvgIpc) is 3.46. The standard InChI is InChI=1S/C25H21F3N6O3/c26-25(27,28)22-17-10-12-33(15-6-4-14(5-7-15)32-11-2-1-3-20(32)35)24(36)21(17)34(30-22)16-8-9-19-18(13-16)23(29)31-37-19/h4-9,13H,1-3,10-12H2,(H2,29,31). The van der Waals surface area contributed by atoms with Gasteiger partial charge in [-0.05, 0) is 61.7 Å². The third-order valence-electron chi connectivity index (χ3n) is 6.81. The Balaban J connectivity index is 1.40. The van der Waals surface area contributed by atoms with E-state index in [1.165, 1.54) is 23.1 Å². The molecule has 0 unspecified atom stereocenters. The fourth-order valence-electron chi connectivity index (χ4n) is 4.99. The summed E-state index contributed by atoms with van der Waals surface area (Å²) >= 11 is 0. The number of nitrogens with two attached hydrogens (primary N) is 1. The molecule has 2 aromatic carbocycles. The molecule has 4 aromatic rings. The van der Waals surface area contributed by atoms with Crippen LogP contribution < -0.4 is 15.5 Å². The number of benzene rings is 2. The van der Waals surface area contributed by atoms with Gasteiger partial charge in [-0.3, -0.25) is 9.59 Å². The van der Waals surface area contributed by atoms with Crippen molar-refractivity contribution in [3.8, 4) is 5.69 Å². The van der Waals surface area contributed by atoms with Crippen molar-refractivity contribution in [3.63, 3.8) is 0 Å². The van der Waals surface area contributed by atoms with Crippen LogP contribution in [0.4, 0.5) is 30.4 Å². The molecule has 2 aliphatic rings. The Hall–Kier alpha value is -4.35. The second-order valence-electron chi connectivity index (χ2n) is 9.06. The number of piperidine rings is 1. The van der Waals surface area contributed by atoms with Gasteiger partial charge in [-0.1, -0.05) is 5.16 Å². The predicted molar refractivity (Wildman–Crippen MR) is 129 cm³/mol. The van der Waals surface area contributed by atoms with Gasteiger partial charge < -0.3 is 20.1 Å². The van der Waals surface area contributed by atoms with Crippen LogP contribution in [0.5, 0.6) is 0 Å². The summed E-state index contributed by atoms with van der Waals surface area (Å²) in [7, 11) is 0. The molecule has 0 bridgehead atoms. The number of alkyl halides is 3. The van der Waals surface area contributed by atoms with Crippen molar-refractivity contribution >= 4 is 40.0 Å². The summed E-state index contributed by atoms with van der Waals surface area (Å²) < 4.78 is 47.8. The molecular formula is C25H21F3N6O3. The molecule has 1 fully saturated rings. The number of rotatable bonds is 3. The van der Waals surface area contributed by atoms with Crippen LogP contribution in [-0.2, 0) is 17.4 Å². The fourth-order valence-corrected chi connectivity index (χ4v) is 4.99. The van der Waals surface area contributed by atoms with Gasteiger partial charge in [-0.25, -0.2) is 4.68 Å². The van der Waals surface area contributed by atoms with Crippen LogP contribution in [0.1, 0.15) is 41.0 Å². The molecule has 12 heteroatoms. The van der Waals surface area contributed by atoms with Gasteiger partial charge >= 0.3 is 6.18 Å². The minimum Gasteiger partial charge on any atom is -0.380 e. The normalized spacial score (nSPS) is 16.5. The molecule has 190 valence electrons. The van der Waals surface area contributed by atoms with Gasteiger partial charge in [-0.2, -0.15) is 18.3 Å². The smallest absolute Gasteiger partial charge is 0.380 e. The van der Waals surface area contributed by atoms with Crippen molar-refractivity contribution in [2.24, 2.45) is 0 Å². The number of nitrogen functional groups attached to an aromatic ring is 1. The van der Waals surface area contributed by atoms with E-state index in [9.17, 15) is 22.8 Å². The summed E-state index contributed by atoms with van der Waals surface area (Å²) in [5.74, 6) is -0.481. The summed E-state index contributed by atoms with van der Waals surface area (Å²) in [5, 5.41) is 7.89. The number of nitrogens with zero attached hydrogens (tertiary/aromatic N) is 5. The second-order valence-corrected chi connectivity index (χ2v) is 9.06. The van der Waals surface area contributed by atoms with Gasteiger partial charge in [0, 0.05) is 36.4 Å². The molecule has 2 amide bonds. The largest absolute Gasteiger partial charge is 0.435 e.